The number of hydrogen-bond acceptors (Lipinski definition) is 5. The van der Waals surface area contributed by atoms with Crippen LogP contribution in [0.15, 0.2) is 69.8 Å². The van der Waals surface area contributed by atoms with Crippen LogP contribution in [0.3, 0.4) is 0 Å². The topological polar surface area (TPSA) is 25.8 Å². The third kappa shape index (κ3) is 9.65. The SMILES string of the molecule is CCCCCCCCSc1ccc(-c2nc3ccsc3nc2-c2ccc(SCCCCCCCC)cc2)cc1. The fraction of sp³-hybridized carbons (Fsp3) is 0.471. The average Bonchev–Trinajstić information content (AvgIpc) is 3.44. The molecule has 39 heavy (non-hydrogen) atoms. The van der Waals surface area contributed by atoms with E-state index in [-0.39, 0.29) is 0 Å². The van der Waals surface area contributed by atoms with Crippen molar-refractivity contribution in [2.45, 2.75) is 101 Å². The molecule has 2 aromatic heterocycles. The van der Waals surface area contributed by atoms with Gasteiger partial charge in [0.25, 0.3) is 0 Å². The summed E-state index contributed by atoms with van der Waals surface area (Å²) < 4.78 is 0. The molecule has 0 fully saturated rings. The molecule has 5 heteroatoms. The third-order valence-electron chi connectivity index (χ3n) is 7.08. The zero-order valence-corrected chi connectivity index (χ0v) is 26.2. The predicted octanol–water partition coefficient (Wildman–Crippen LogP) is 11.9. The highest BCUT2D eigenvalue weighted by Gasteiger charge is 2.14. The van der Waals surface area contributed by atoms with Crippen LogP contribution in [0, 0.1) is 0 Å². The quantitative estimate of drug-likeness (QED) is 0.0869. The molecule has 0 amide bonds. The van der Waals surface area contributed by atoms with Crippen molar-refractivity contribution < 1.29 is 0 Å². The van der Waals surface area contributed by atoms with E-state index in [1.807, 2.05) is 23.5 Å². The smallest absolute Gasteiger partial charge is 0.142 e. The van der Waals surface area contributed by atoms with Crippen LogP contribution in [-0.4, -0.2) is 21.5 Å². The summed E-state index contributed by atoms with van der Waals surface area (Å²) >= 11 is 5.60. The van der Waals surface area contributed by atoms with Gasteiger partial charge in [-0.25, -0.2) is 9.97 Å². The fourth-order valence-electron chi connectivity index (χ4n) is 4.76. The minimum absolute atomic E-state index is 0.973. The van der Waals surface area contributed by atoms with Crippen LogP contribution in [0.2, 0.25) is 0 Å². The Bertz CT molecular complexity index is 1140. The Morgan fingerprint density at radius 1 is 0.538 bits per heavy atom. The van der Waals surface area contributed by atoms with Gasteiger partial charge in [-0.2, -0.15) is 0 Å². The van der Waals surface area contributed by atoms with E-state index in [4.69, 9.17) is 9.97 Å². The number of thioether (sulfide) groups is 2. The van der Waals surface area contributed by atoms with Gasteiger partial charge in [-0.05, 0) is 60.1 Å². The zero-order chi connectivity index (χ0) is 27.1. The normalized spacial score (nSPS) is 11.4. The number of rotatable bonds is 18. The first kappa shape index (κ1) is 30.1. The number of aromatic nitrogens is 2. The maximum atomic E-state index is 5.08. The first-order chi connectivity index (χ1) is 19.3. The highest BCUT2D eigenvalue weighted by atomic mass is 32.2. The number of hydrogen-bond donors (Lipinski definition) is 0. The van der Waals surface area contributed by atoms with Crippen LogP contribution >= 0.6 is 34.9 Å². The summed E-state index contributed by atoms with van der Waals surface area (Å²) in [4.78, 5) is 13.8. The van der Waals surface area contributed by atoms with Gasteiger partial charge in [0.15, 0.2) is 0 Å². The second kappa shape index (κ2) is 17.1. The molecule has 0 saturated heterocycles. The van der Waals surface area contributed by atoms with Crippen molar-refractivity contribution in [3.8, 4) is 22.5 Å². The molecular formula is C34H44N2S3. The number of unbranched alkanes of at least 4 members (excludes halogenated alkanes) is 10. The molecule has 2 aromatic carbocycles. The lowest BCUT2D eigenvalue weighted by atomic mass is 10.0. The largest absolute Gasteiger partial charge is 0.243 e. The molecule has 0 aliphatic heterocycles. The second-order valence-electron chi connectivity index (χ2n) is 10.3. The number of fused-ring (bicyclic) bond motifs is 1. The second-order valence-corrected chi connectivity index (χ2v) is 13.5. The highest BCUT2D eigenvalue weighted by Crippen LogP contribution is 2.34. The van der Waals surface area contributed by atoms with E-state index in [9.17, 15) is 0 Å². The van der Waals surface area contributed by atoms with Gasteiger partial charge in [0.1, 0.15) is 10.3 Å². The van der Waals surface area contributed by atoms with Crippen LogP contribution in [0.1, 0.15) is 90.9 Å². The van der Waals surface area contributed by atoms with Gasteiger partial charge in [-0.3, -0.25) is 0 Å². The van der Waals surface area contributed by atoms with E-state index < -0.39 is 0 Å². The van der Waals surface area contributed by atoms with E-state index in [1.165, 1.54) is 98.3 Å². The maximum Gasteiger partial charge on any atom is 0.142 e. The van der Waals surface area contributed by atoms with E-state index in [0.717, 1.165) is 32.9 Å². The minimum atomic E-state index is 0.973. The number of benzene rings is 2. The molecule has 2 nitrogen and oxygen atoms in total. The van der Waals surface area contributed by atoms with Gasteiger partial charge in [0, 0.05) is 20.9 Å². The van der Waals surface area contributed by atoms with Gasteiger partial charge in [-0.1, -0.05) is 102 Å². The Balaban J connectivity index is 1.39. The Labute approximate surface area is 248 Å². The number of thiophene rings is 1. The van der Waals surface area contributed by atoms with Crippen molar-refractivity contribution in [1.82, 2.24) is 9.97 Å². The average molecular weight is 577 g/mol. The summed E-state index contributed by atoms with van der Waals surface area (Å²) in [5, 5.41) is 2.09. The molecule has 2 heterocycles. The summed E-state index contributed by atoms with van der Waals surface area (Å²) in [6.45, 7) is 4.56. The third-order valence-corrected chi connectivity index (χ3v) is 10.1. The van der Waals surface area contributed by atoms with Gasteiger partial charge in [0.05, 0.1) is 11.4 Å². The maximum absolute atomic E-state index is 5.08. The van der Waals surface area contributed by atoms with E-state index in [1.54, 1.807) is 11.3 Å². The van der Waals surface area contributed by atoms with Crippen molar-refractivity contribution in [2.75, 3.05) is 11.5 Å². The monoisotopic (exact) mass is 576 g/mol. The molecule has 0 spiro atoms. The van der Waals surface area contributed by atoms with Crippen LogP contribution in [0.4, 0.5) is 0 Å². The molecule has 0 saturated carbocycles. The lowest BCUT2D eigenvalue weighted by Crippen LogP contribution is -1.94. The lowest BCUT2D eigenvalue weighted by molar-refractivity contribution is 0.627. The van der Waals surface area contributed by atoms with Crippen molar-refractivity contribution in [3.63, 3.8) is 0 Å². The van der Waals surface area contributed by atoms with Crippen molar-refractivity contribution in [3.05, 3.63) is 60.0 Å². The first-order valence-corrected chi connectivity index (χ1v) is 17.8. The molecular weight excluding hydrogens is 533 g/mol. The first-order valence-electron chi connectivity index (χ1n) is 15.0. The standard InChI is InChI=1S/C34H44N2S3/c1-3-5-7-9-11-13-24-37-29-19-15-27(16-20-29)32-33(36-34-31(35-32)23-26-39-34)28-17-21-30(22-18-28)38-25-14-12-10-8-6-4-2/h15-23,26H,3-14,24-25H2,1-2H3. The van der Waals surface area contributed by atoms with Gasteiger partial charge >= 0.3 is 0 Å². The summed E-state index contributed by atoms with van der Waals surface area (Å²) in [5.74, 6) is 2.39. The number of nitrogens with zero attached hydrogens (tertiary/aromatic N) is 2. The van der Waals surface area contributed by atoms with Crippen LogP contribution in [0.25, 0.3) is 32.9 Å². The van der Waals surface area contributed by atoms with Crippen LogP contribution in [0.5, 0.6) is 0 Å². The molecule has 0 aliphatic rings. The van der Waals surface area contributed by atoms with Gasteiger partial charge < -0.3 is 0 Å². The molecule has 0 atom stereocenters. The van der Waals surface area contributed by atoms with Crippen molar-refractivity contribution in [1.29, 1.82) is 0 Å². The lowest BCUT2D eigenvalue weighted by Gasteiger charge is -2.11. The molecule has 0 bridgehead atoms. The predicted molar refractivity (Wildman–Crippen MR) is 176 cm³/mol. The van der Waals surface area contributed by atoms with E-state index in [2.05, 4.69) is 73.8 Å². The minimum Gasteiger partial charge on any atom is -0.243 e. The van der Waals surface area contributed by atoms with Crippen LogP contribution < -0.4 is 0 Å². The van der Waals surface area contributed by atoms with E-state index >= 15 is 0 Å². The summed E-state index contributed by atoms with van der Waals surface area (Å²) in [6, 6.07) is 20.0. The Morgan fingerprint density at radius 2 is 1.00 bits per heavy atom. The molecule has 0 radical (unpaired) electrons. The summed E-state index contributed by atoms with van der Waals surface area (Å²) in [7, 11) is 0. The molecule has 0 unspecified atom stereocenters. The zero-order valence-electron chi connectivity index (χ0n) is 23.8. The molecule has 0 N–H and O–H groups in total. The Hall–Kier alpha value is -1.82. The molecule has 0 aliphatic carbocycles. The molecule has 4 rings (SSSR count). The van der Waals surface area contributed by atoms with Gasteiger partial charge in [0.2, 0.25) is 0 Å². The Morgan fingerprint density at radius 3 is 1.51 bits per heavy atom. The molecule has 208 valence electrons. The van der Waals surface area contributed by atoms with Crippen molar-refractivity contribution in [2.24, 2.45) is 0 Å². The Kier molecular flexibility index (Phi) is 13.2. The summed E-state index contributed by atoms with van der Waals surface area (Å²) in [6.07, 6.45) is 16.2. The van der Waals surface area contributed by atoms with Crippen LogP contribution in [-0.2, 0) is 0 Å². The van der Waals surface area contributed by atoms with E-state index in [0.29, 0.717) is 0 Å². The van der Waals surface area contributed by atoms with Gasteiger partial charge in [-0.15, -0.1) is 34.9 Å². The van der Waals surface area contributed by atoms with Crippen molar-refractivity contribution >= 4 is 45.2 Å². The molecule has 4 aromatic rings. The fourth-order valence-corrected chi connectivity index (χ4v) is 7.29. The summed E-state index contributed by atoms with van der Waals surface area (Å²) in [5.41, 5.74) is 5.20. The highest BCUT2D eigenvalue weighted by molar-refractivity contribution is 7.99.